The summed E-state index contributed by atoms with van der Waals surface area (Å²) in [6.07, 6.45) is 0.723. The van der Waals surface area contributed by atoms with Crippen LogP contribution in [0.1, 0.15) is 5.56 Å². The van der Waals surface area contributed by atoms with Gasteiger partial charge >= 0.3 is 10.2 Å². The number of phenols is 1. The van der Waals surface area contributed by atoms with Gasteiger partial charge in [-0.3, -0.25) is 4.79 Å². The highest BCUT2D eigenvalue weighted by Gasteiger charge is 2.35. The van der Waals surface area contributed by atoms with E-state index in [1.165, 1.54) is 12.1 Å². The Morgan fingerprint density at radius 3 is 2.64 bits per heavy atom. The minimum atomic E-state index is -4.02. The third-order valence-corrected chi connectivity index (χ3v) is 5.72. The molecule has 2 heterocycles. The van der Waals surface area contributed by atoms with Gasteiger partial charge in [-0.25, -0.2) is 14.0 Å². The second-order valence-corrected chi connectivity index (χ2v) is 7.90. The highest BCUT2D eigenvalue weighted by molar-refractivity contribution is 7.92. The van der Waals surface area contributed by atoms with Gasteiger partial charge in [0.1, 0.15) is 12.3 Å². The van der Waals surface area contributed by atoms with Crippen LogP contribution in [0.4, 0.5) is 5.69 Å². The Bertz CT molecular complexity index is 1150. The Morgan fingerprint density at radius 2 is 1.93 bits per heavy atom. The molecule has 0 unspecified atom stereocenters. The third kappa shape index (κ3) is 3.56. The van der Waals surface area contributed by atoms with Crippen molar-refractivity contribution in [2.24, 2.45) is 0 Å². The number of amides is 1. The number of pyridine rings is 1. The molecule has 0 saturated carbocycles. The van der Waals surface area contributed by atoms with Crippen molar-refractivity contribution in [1.29, 1.82) is 0 Å². The van der Waals surface area contributed by atoms with E-state index in [0.29, 0.717) is 23.4 Å². The average molecular weight is 399 g/mol. The first-order valence-electron chi connectivity index (χ1n) is 8.56. The first kappa shape index (κ1) is 18.1. The van der Waals surface area contributed by atoms with Gasteiger partial charge in [0, 0.05) is 17.9 Å². The maximum atomic E-state index is 12.0. The molecular formula is C19H17N3O5S. The van der Waals surface area contributed by atoms with E-state index in [-0.39, 0.29) is 11.4 Å². The van der Waals surface area contributed by atoms with Crippen LogP contribution >= 0.6 is 0 Å². The van der Waals surface area contributed by atoms with E-state index in [0.717, 1.165) is 16.3 Å². The molecule has 8 nitrogen and oxygen atoms in total. The molecule has 2 N–H and O–H groups in total. The van der Waals surface area contributed by atoms with Crippen molar-refractivity contribution in [3.63, 3.8) is 0 Å². The van der Waals surface area contributed by atoms with Gasteiger partial charge in [0.05, 0.1) is 17.8 Å². The Labute approximate surface area is 161 Å². The zero-order valence-corrected chi connectivity index (χ0v) is 15.5. The highest BCUT2D eigenvalue weighted by Crippen LogP contribution is 2.34. The van der Waals surface area contributed by atoms with Gasteiger partial charge < -0.3 is 9.84 Å². The van der Waals surface area contributed by atoms with Crippen LogP contribution in [-0.4, -0.2) is 37.6 Å². The maximum absolute atomic E-state index is 12.0. The minimum absolute atomic E-state index is 0.0141. The number of anilines is 1. The van der Waals surface area contributed by atoms with Gasteiger partial charge in [-0.05, 0) is 23.8 Å². The SMILES string of the molecule is O=C1CN(c2cc3nc(OCCc4ccccc4)ccc3cc2O)S(=O)(=O)N1. The molecule has 9 heteroatoms. The van der Waals surface area contributed by atoms with Crippen molar-refractivity contribution in [2.75, 3.05) is 17.5 Å². The van der Waals surface area contributed by atoms with Crippen LogP contribution < -0.4 is 13.8 Å². The summed E-state index contributed by atoms with van der Waals surface area (Å²) < 4.78 is 32.5. The van der Waals surface area contributed by atoms with Crippen molar-refractivity contribution < 1.29 is 23.1 Å². The molecule has 0 spiro atoms. The van der Waals surface area contributed by atoms with Gasteiger partial charge in [-0.15, -0.1) is 0 Å². The van der Waals surface area contributed by atoms with Crippen LogP contribution in [0.5, 0.6) is 11.6 Å². The molecule has 0 radical (unpaired) electrons. The second-order valence-electron chi connectivity index (χ2n) is 6.30. The predicted octanol–water partition coefficient (Wildman–Crippen LogP) is 1.74. The molecule has 0 atom stereocenters. The molecule has 1 fully saturated rings. The van der Waals surface area contributed by atoms with E-state index in [9.17, 15) is 18.3 Å². The maximum Gasteiger partial charge on any atom is 0.326 e. The van der Waals surface area contributed by atoms with Crippen molar-refractivity contribution in [1.82, 2.24) is 9.71 Å². The number of carbonyl (C=O) groups is 1. The number of ether oxygens (including phenoxy) is 1. The Balaban J connectivity index is 1.58. The van der Waals surface area contributed by atoms with E-state index in [4.69, 9.17) is 4.74 Å². The molecule has 0 aliphatic carbocycles. The molecule has 144 valence electrons. The topological polar surface area (TPSA) is 109 Å². The normalized spacial score (nSPS) is 15.6. The molecule has 0 bridgehead atoms. The largest absolute Gasteiger partial charge is 0.506 e. The molecule has 1 aromatic heterocycles. The molecular weight excluding hydrogens is 382 g/mol. The lowest BCUT2D eigenvalue weighted by Crippen LogP contribution is -2.29. The van der Waals surface area contributed by atoms with Crippen LogP contribution in [0.3, 0.4) is 0 Å². The number of benzene rings is 2. The summed E-state index contributed by atoms with van der Waals surface area (Å²) in [7, 11) is -4.02. The zero-order valence-electron chi connectivity index (χ0n) is 14.7. The van der Waals surface area contributed by atoms with Gasteiger partial charge in [0.25, 0.3) is 5.91 Å². The van der Waals surface area contributed by atoms with Crippen LogP contribution in [0.2, 0.25) is 0 Å². The van der Waals surface area contributed by atoms with Gasteiger partial charge in [-0.2, -0.15) is 8.42 Å². The number of nitrogens with zero attached hydrogens (tertiary/aromatic N) is 2. The van der Waals surface area contributed by atoms with Crippen molar-refractivity contribution in [3.8, 4) is 11.6 Å². The molecule has 3 aromatic rings. The quantitative estimate of drug-likeness (QED) is 0.677. The number of phenolic OH excluding ortho intramolecular Hbond substituents is 1. The lowest BCUT2D eigenvalue weighted by atomic mass is 10.1. The summed E-state index contributed by atoms with van der Waals surface area (Å²) in [4.78, 5) is 15.8. The standard InChI is InChI=1S/C19H17N3O5S/c23-17-10-14-6-7-19(27-9-8-13-4-2-1-3-5-13)20-15(14)11-16(17)22-12-18(24)21-28(22,25)26/h1-7,10-11,23H,8-9,12H2,(H,21,24). The van der Waals surface area contributed by atoms with Crippen molar-refractivity contribution in [2.45, 2.75) is 6.42 Å². The molecule has 1 amide bonds. The number of nitrogens with one attached hydrogen (secondary N) is 1. The van der Waals surface area contributed by atoms with E-state index >= 15 is 0 Å². The molecule has 1 aliphatic heterocycles. The van der Waals surface area contributed by atoms with Gasteiger partial charge in [-0.1, -0.05) is 30.3 Å². The summed E-state index contributed by atoms with van der Waals surface area (Å²) in [5.41, 5.74) is 1.58. The lowest BCUT2D eigenvalue weighted by molar-refractivity contribution is -0.117. The first-order valence-corrected chi connectivity index (χ1v) is 10.0. The Kier molecular flexibility index (Phi) is 4.52. The Hall–Kier alpha value is -3.33. The summed E-state index contributed by atoms with van der Waals surface area (Å²) in [6, 6.07) is 16.1. The number of carbonyl (C=O) groups excluding carboxylic acids is 1. The van der Waals surface area contributed by atoms with Gasteiger partial charge in [0.15, 0.2) is 0 Å². The van der Waals surface area contributed by atoms with Crippen LogP contribution in [0, 0.1) is 0 Å². The van der Waals surface area contributed by atoms with E-state index < -0.39 is 22.7 Å². The second kappa shape index (κ2) is 7.01. The summed E-state index contributed by atoms with van der Waals surface area (Å²) in [5.74, 6) is -0.531. The molecule has 2 aromatic carbocycles. The third-order valence-electron chi connectivity index (χ3n) is 4.33. The fourth-order valence-electron chi connectivity index (χ4n) is 2.99. The molecule has 4 rings (SSSR count). The fourth-order valence-corrected chi connectivity index (χ4v) is 4.14. The molecule has 28 heavy (non-hydrogen) atoms. The number of hydrogen-bond donors (Lipinski definition) is 2. The summed E-state index contributed by atoms with van der Waals surface area (Å²) in [5, 5.41) is 10.8. The minimum Gasteiger partial charge on any atom is -0.506 e. The van der Waals surface area contributed by atoms with E-state index in [2.05, 4.69) is 4.98 Å². The highest BCUT2D eigenvalue weighted by atomic mass is 32.2. The van der Waals surface area contributed by atoms with Crippen molar-refractivity contribution >= 4 is 32.7 Å². The van der Waals surface area contributed by atoms with Crippen molar-refractivity contribution in [3.05, 3.63) is 60.2 Å². The average Bonchev–Trinajstić information content (AvgIpc) is 2.94. The first-order chi connectivity index (χ1) is 13.4. The van der Waals surface area contributed by atoms with Crippen LogP contribution in [-0.2, 0) is 21.4 Å². The number of hydrogen-bond acceptors (Lipinski definition) is 6. The fraction of sp³-hybridized carbons (Fsp3) is 0.158. The smallest absolute Gasteiger partial charge is 0.326 e. The molecule has 1 saturated heterocycles. The van der Waals surface area contributed by atoms with Gasteiger partial charge in [0.2, 0.25) is 5.88 Å². The monoisotopic (exact) mass is 399 g/mol. The zero-order chi connectivity index (χ0) is 19.7. The number of aromatic nitrogens is 1. The van der Waals surface area contributed by atoms with Crippen LogP contribution in [0.25, 0.3) is 10.9 Å². The lowest BCUT2D eigenvalue weighted by Gasteiger charge is -2.16. The Morgan fingerprint density at radius 1 is 1.14 bits per heavy atom. The molecule has 1 aliphatic rings. The van der Waals surface area contributed by atoms with E-state index in [1.54, 1.807) is 12.1 Å². The van der Waals surface area contributed by atoms with Crippen LogP contribution in [0.15, 0.2) is 54.6 Å². The summed E-state index contributed by atoms with van der Waals surface area (Å²) in [6.45, 7) is 0.0427. The predicted molar refractivity (Wildman–Crippen MR) is 103 cm³/mol. The summed E-state index contributed by atoms with van der Waals surface area (Å²) >= 11 is 0. The number of fused-ring (bicyclic) bond motifs is 1. The van der Waals surface area contributed by atoms with E-state index in [1.807, 2.05) is 35.1 Å². The number of rotatable bonds is 5. The number of aromatic hydroxyl groups is 1.